The van der Waals surface area contributed by atoms with Crippen LogP contribution < -0.4 is 10.1 Å². The van der Waals surface area contributed by atoms with E-state index in [1.807, 2.05) is 0 Å². The molecule has 0 aliphatic carbocycles. The summed E-state index contributed by atoms with van der Waals surface area (Å²) in [5, 5.41) is 22.7. The molecule has 0 heterocycles. The second-order valence-electron chi connectivity index (χ2n) is 8.92. The molecule has 202 valence electrons. The monoisotopic (exact) mass is 559 g/mol. The first kappa shape index (κ1) is 29.2. The number of aliphatic hydroxyl groups is 1. The van der Waals surface area contributed by atoms with Crippen molar-refractivity contribution in [2.75, 3.05) is 24.3 Å². The Labute approximate surface area is 227 Å². The van der Waals surface area contributed by atoms with Crippen LogP contribution in [0.25, 0.3) is 0 Å². The van der Waals surface area contributed by atoms with Crippen LogP contribution in [-0.4, -0.2) is 49.3 Å². The Morgan fingerprint density at radius 1 is 1.03 bits per heavy atom. The summed E-state index contributed by atoms with van der Waals surface area (Å²) in [6.07, 6.45) is 1.02. The maximum Gasteiger partial charge on any atom is 0.262 e. The number of rotatable bonds is 13. The summed E-state index contributed by atoms with van der Waals surface area (Å²) in [6, 6.07) is 17.5. The lowest BCUT2D eigenvalue weighted by Crippen LogP contribution is -2.20. The average molecular weight is 560 g/mol. The van der Waals surface area contributed by atoms with Gasteiger partial charge < -0.3 is 25.1 Å². The number of Topliss-reactive ketones (excluding diaryl/α,β-unsaturated/α-hetero) is 1. The van der Waals surface area contributed by atoms with Crippen LogP contribution in [0.5, 0.6) is 11.5 Å². The fourth-order valence-corrected chi connectivity index (χ4v) is 5.31. The van der Waals surface area contributed by atoms with Crippen molar-refractivity contribution >= 4 is 38.8 Å². The highest BCUT2D eigenvalue weighted by Gasteiger charge is 2.15. The zero-order valence-electron chi connectivity index (χ0n) is 20.9. The summed E-state index contributed by atoms with van der Waals surface area (Å²) >= 11 is 5.83. The van der Waals surface area contributed by atoms with E-state index in [0.717, 1.165) is 11.1 Å². The summed E-state index contributed by atoms with van der Waals surface area (Å²) in [5.41, 5.74) is 1.74. The van der Waals surface area contributed by atoms with Gasteiger partial charge >= 0.3 is 0 Å². The molecule has 0 aromatic heterocycles. The van der Waals surface area contributed by atoms with Crippen molar-refractivity contribution in [2.24, 2.45) is 0 Å². The molecule has 8 nitrogen and oxygen atoms in total. The van der Waals surface area contributed by atoms with E-state index in [-0.39, 0.29) is 53.4 Å². The number of aromatic hydroxyl groups is 1. The Bertz CT molecular complexity index is 1360. The summed E-state index contributed by atoms with van der Waals surface area (Å²) in [6.45, 7) is 1.02. The second kappa shape index (κ2) is 13.4. The third-order valence-corrected chi connectivity index (χ3v) is 7.93. The second-order valence-corrected chi connectivity index (χ2v) is 11.5. The number of nitrogens with one attached hydrogen (secondary N) is 1. The van der Waals surface area contributed by atoms with E-state index >= 15 is 0 Å². The number of carbonyl (C=O) groups excluding carboxylic acids is 2. The first-order valence-corrected chi connectivity index (χ1v) is 14.0. The fraction of sp³-hybridized carbons (Fsp3) is 0.286. The van der Waals surface area contributed by atoms with Crippen molar-refractivity contribution in [1.29, 1.82) is 0 Å². The van der Waals surface area contributed by atoms with E-state index in [1.54, 1.807) is 36.4 Å². The van der Waals surface area contributed by atoms with Gasteiger partial charge in [0.2, 0.25) is 0 Å². The zero-order valence-corrected chi connectivity index (χ0v) is 22.5. The van der Waals surface area contributed by atoms with Gasteiger partial charge in [0.05, 0.1) is 22.9 Å². The van der Waals surface area contributed by atoms with Gasteiger partial charge in [-0.25, -0.2) is 8.42 Å². The number of ketones is 1. The number of phenols is 1. The summed E-state index contributed by atoms with van der Waals surface area (Å²) in [7, 11) is -3.45. The predicted octanol–water partition coefficient (Wildman–Crippen LogP) is 4.52. The number of phenolic OH excluding ortho intramolecular Hbond substituents is 1. The fourth-order valence-electron chi connectivity index (χ4n) is 3.87. The molecule has 3 aromatic carbocycles. The molecule has 0 spiro atoms. The molecule has 38 heavy (non-hydrogen) atoms. The number of ether oxygens (including phenoxy) is 1. The van der Waals surface area contributed by atoms with Gasteiger partial charge in [-0.3, -0.25) is 4.79 Å². The lowest BCUT2D eigenvalue weighted by molar-refractivity contribution is -0.118. The molecule has 0 fully saturated rings. The third-order valence-electron chi connectivity index (χ3n) is 5.86. The van der Waals surface area contributed by atoms with Gasteiger partial charge in [0.25, 0.3) is 5.91 Å². The van der Waals surface area contributed by atoms with Crippen molar-refractivity contribution in [2.45, 2.75) is 37.0 Å². The molecule has 1 unspecified atom stereocenters. The Morgan fingerprint density at radius 2 is 1.71 bits per heavy atom. The minimum Gasteiger partial charge on any atom is -0.506 e. The molecule has 0 aliphatic heterocycles. The molecule has 3 rings (SSSR count). The van der Waals surface area contributed by atoms with Crippen LogP contribution in [0, 0.1) is 0 Å². The molecule has 0 saturated carbocycles. The summed E-state index contributed by atoms with van der Waals surface area (Å²) in [5.74, 6) is -0.549. The lowest BCUT2D eigenvalue weighted by atomic mass is 9.95. The van der Waals surface area contributed by atoms with Crippen molar-refractivity contribution in [3.05, 3.63) is 82.9 Å². The first-order chi connectivity index (χ1) is 18.1. The molecule has 3 aromatic rings. The maximum absolute atomic E-state index is 12.5. The number of halogens is 1. The van der Waals surface area contributed by atoms with Crippen LogP contribution in [0.4, 0.5) is 5.69 Å². The molecule has 0 saturated heterocycles. The molecule has 1 atom stereocenters. The van der Waals surface area contributed by atoms with Crippen molar-refractivity contribution in [3.8, 4) is 11.5 Å². The van der Waals surface area contributed by atoms with Gasteiger partial charge in [0.15, 0.2) is 16.4 Å². The third kappa shape index (κ3) is 8.58. The van der Waals surface area contributed by atoms with Gasteiger partial charge in [0, 0.05) is 17.4 Å². The van der Waals surface area contributed by atoms with E-state index in [2.05, 4.69) is 5.32 Å². The first-order valence-electron chi connectivity index (χ1n) is 12.0. The maximum atomic E-state index is 12.5. The van der Waals surface area contributed by atoms with E-state index in [4.69, 9.17) is 16.3 Å². The number of hydrogen-bond acceptors (Lipinski definition) is 7. The Kier molecular flexibility index (Phi) is 10.3. The highest BCUT2D eigenvalue weighted by Crippen LogP contribution is 2.26. The van der Waals surface area contributed by atoms with Crippen molar-refractivity contribution < 1.29 is 33.0 Å². The highest BCUT2D eigenvalue weighted by atomic mass is 35.5. The molecule has 1 amide bonds. The Balaban J connectivity index is 1.52. The number of aryl methyl sites for hydroxylation is 1. The molecular weight excluding hydrogens is 530 g/mol. The highest BCUT2D eigenvalue weighted by molar-refractivity contribution is 7.91. The largest absolute Gasteiger partial charge is 0.506 e. The van der Waals surface area contributed by atoms with Crippen LogP contribution in [0.15, 0.2) is 71.6 Å². The van der Waals surface area contributed by atoms with Crippen molar-refractivity contribution in [1.82, 2.24) is 0 Å². The number of anilines is 1. The van der Waals surface area contributed by atoms with Crippen LogP contribution >= 0.6 is 11.6 Å². The molecule has 0 aliphatic rings. The Hall–Kier alpha value is -3.40. The normalized spacial score (nSPS) is 12.1. The van der Waals surface area contributed by atoms with Crippen molar-refractivity contribution in [3.63, 3.8) is 0 Å². The molecule has 10 heteroatoms. The number of aliphatic hydroxyl groups excluding tert-OH is 1. The quantitative estimate of drug-likeness (QED) is 0.262. The standard InChI is InChI=1S/C28H30ClNO7S/c1-19(32)15-22(17-31)21-5-9-24(10-6-21)37-18-28(34)30-26-16-20(4-13-27(26)33)3-2-14-38(35,36)25-11-7-23(29)8-12-25/h4-13,16,22,31,33H,2-3,14-15,17-18H2,1H3,(H,30,34). The van der Waals surface area contributed by atoms with E-state index in [1.165, 1.54) is 37.3 Å². The summed E-state index contributed by atoms with van der Waals surface area (Å²) < 4.78 is 30.6. The lowest BCUT2D eigenvalue weighted by Gasteiger charge is -2.14. The van der Waals surface area contributed by atoms with E-state index in [0.29, 0.717) is 23.6 Å². The minimum absolute atomic E-state index is 0.0173. The Morgan fingerprint density at radius 3 is 2.34 bits per heavy atom. The van der Waals surface area contributed by atoms with Crippen LogP contribution in [0.1, 0.15) is 36.8 Å². The number of amides is 1. The minimum atomic E-state index is -3.45. The van der Waals surface area contributed by atoms with Gasteiger partial charge in [0.1, 0.15) is 17.3 Å². The topological polar surface area (TPSA) is 130 Å². The number of hydrogen-bond donors (Lipinski definition) is 3. The average Bonchev–Trinajstić information content (AvgIpc) is 2.88. The molecule has 3 N–H and O–H groups in total. The number of sulfone groups is 1. The SMILES string of the molecule is CC(=O)CC(CO)c1ccc(OCC(=O)Nc2cc(CCCS(=O)(=O)c3ccc(Cl)cc3)ccc2O)cc1. The van der Waals surface area contributed by atoms with Gasteiger partial charge in [-0.15, -0.1) is 0 Å². The predicted molar refractivity (Wildman–Crippen MR) is 146 cm³/mol. The number of carbonyl (C=O) groups is 2. The summed E-state index contributed by atoms with van der Waals surface area (Å²) in [4.78, 5) is 24.0. The van der Waals surface area contributed by atoms with Crippen LogP contribution in [-0.2, 0) is 25.8 Å². The smallest absolute Gasteiger partial charge is 0.262 e. The van der Waals surface area contributed by atoms with Gasteiger partial charge in [-0.1, -0.05) is 29.8 Å². The van der Waals surface area contributed by atoms with Crippen LogP contribution in [0.2, 0.25) is 5.02 Å². The molecule has 0 radical (unpaired) electrons. The number of benzene rings is 3. The molecule has 0 bridgehead atoms. The van der Waals surface area contributed by atoms with E-state index in [9.17, 15) is 28.2 Å². The van der Waals surface area contributed by atoms with Gasteiger partial charge in [-0.05, 0) is 79.4 Å². The molecular formula is C28H30ClNO7S. The van der Waals surface area contributed by atoms with Crippen LogP contribution in [0.3, 0.4) is 0 Å². The van der Waals surface area contributed by atoms with Gasteiger partial charge in [-0.2, -0.15) is 0 Å². The zero-order chi connectivity index (χ0) is 27.7. The van der Waals surface area contributed by atoms with E-state index < -0.39 is 15.7 Å².